The summed E-state index contributed by atoms with van der Waals surface area (Å²) in [5.41, 5.74) is 6.80. The van der Waals surface area contributed by atoms with Crippen molar-refractivity contribution in [1.29, 1.82) is 0 Å². The Morgan fingerprint density at radius 3 is 2.03 bits per heavy atom. The molecule has 0 spiro atoms. The summed E-state index contributed by atoms with van der Waals surface area (Å²) in [6.45, 7) is 4.81. The zero-order chi connectivity index (χ0) is 25.9. The fourth-order valence-electron chi connectivity index (χ4n) is 6.06. The van der Waals surface area contributed by atoms with Crippen LogP contribution < -0.4 is 9.47 Å². The van der Waals surface area contributed by atoms with Crippen molar-refractivity contribution in [3.63, 3.8) is 0 Å². The van der Waals surface area contributed by atoms with Gasteiger partial charge in [0.1, 0.15) is 11.5 Å². The lowest BCUT2D eigenvalue weighted by molar-refractivity contribution is 0.0378. The quantitative estimate of drug-likeness (QED) is 0.278. The summed E-state index contributed by atoms with van der Waals surface area (Å²) in [6.07, 6.45) is 0. The predicted molar refractivity (Wildman–Crippen MR) is 153 cm³/mol. The van der Waals surface area contributed by atoms with Gasteiger partial charge in [-0.3, -0.25) is 4.90 Å². The highest BCUT2D eigenvalue weighted by Gasteiger charge is 2.34. The lowest BCUT2D eigenvalue weighted by Gasteiger charge is -2.44. The first-order chi connectivity index (χ1) is 18.7. The SMILES string of the molecule is COc1ccc(C2CN(C)Cc3cc(OCC4CN(C(c5ccccc5)c5ccccc5)C4)ccc32)cc1. The van der Waals surface area contributed by atoms with Gasteiger partial charge in [0.15, 0.2) is 0 Å². The lowest BCUT2D eigenvalue weighted by Crippen LogP contribution is -2.50. The Morgan fingerprint density at radius 2 is 1.39 bits per heavy atom. The van der Waals surface area contributed by atoms with Crippen LogP contribution in [0.15, 0.2) is 103 Å². The maximum Gasteiger partial charge on any atom is 0.119 e. The third kappa shape index (κ3) is 5.20. The Balaban J connectivity index is 1.11. The first-order valence-corrected chi connectivity index (χ1v) is 13.6. The van der Waals surface area contributed by atoms with Gasteiger partial charge in [-0.25, -0.2) is 0 Å². The van der Waals surface area contributed by atoms with Gasteiger partial charge in [0.05, 0.1) is 19.8 Å². The average Bonchev–Trinajstić information content (AvgIpc) is 2.94. The number of nitrogens with zero attached hydrogens (tertiary/aromatic N) is 2. The molecule has 0 aliphatic carbocycles. The van der Waals surface area contributed by atoms with Crippen molar-refractivity contribution >= 4 is 0 Å². The van der Waals surface area contributed by atoms with E-state index >= 15 is 0 Å². The molecule has 4 nitrogen and oxygen atoms in total. The van der Waals surface area contributed by atoms with E-state index in [2.05, 4.69) is 120 Å². The third-order valence-corrected chi connectivity index (χ3v) is 8.01. The van der Waals surface area contributed by atoms with Crippen LogP contribution in [0.5, 0.6) is 11.5 Å². The van der Waals surface area contributed by atoms with E-state index in [0.717, 1.165) is 44.3 Å². The van der Waals surface area contributed by atoms with Gasteiger partial charge in [0.25, 0.3) is 0 Å². The summed E-state index contributed by atoms with van der Waals surface area (Å²) >= 11 is 0. The molecular weight excluding hydrogens is 468 g/mol. The van der Waals surface area contributed by atoms with Gasteiger partial charge in [0.2, 0.25) is 0 Å². The van der Waals surface area contributed by atoms with Crippen LogP contribution in [0.2, 0.25) is 0 Å². The summed E-state index contributed by atoms with van der Waals surface area (Å²) < 4.78 is 11.7. The summed E-state index contributed by atoms with van der Waals surface area (Å²) in [7, 11) is 3.91. The molecule has 1 unspecified atom stereocenters. The highest BCUT2D eigenvalue weighted by atomic mass is 16.5. The fourth-order valence-corrected chi connectivity index (χ4v) is 6.06. The largest absolute Gasteiger partial charge is 0.497 e. The first-order valence-electron chi connectivity index (χ1n) is 13.6. The zero-order valence-corrected chi connectivity index (χ0v) is 22.3. The van der Waals surface area contributed by atoms with Crippen molar-refractivity contribution in [2.75, 3.05) is 40.4 Å². The van der Waals surface area contributed by atoms with Crippen LogP contribution >= 0.6 is 0 Å². The summed E-state index contributed by atoms with van der Waals surface area (Å²) in [5, 5.41) is 0. The molecule has 4 aromatic rings. The molecule has 1 atom stereocenters. The number of methoxy groups -OCH3 is 1. The van der Waals surface area contributed by atoms with Gasteiger partial charge < -0.3 is 14.4 Å². The molecule has 0 saturated carbocycles. The molecule has 38 heavy (non-hydrogen) atoms. The minimum atomic E-state index is 0.294. The van der Waals surface area contributed by atoms with Gasteiger partial charge >= 0.3 is 0 Å². The van der Waals surface area contributed by atoms with Gasteiger partial charge in [-0.1, -0.05) is 78.9 Å². The zero-order valence-electron chi connectivity index (χ0n) is 22.3. The second-order valence-corrected chi connectivity index (χ2v) is 10.7. The molecule has 2 aliphatic heterocycles. The van der Waals surface area contributed by atoms with Crippen LogP contribution in [0.25, 0.3) is 0 Å². The molecule has 2 heterocycles. The number of ether oxygens (including phenoxy) is 2. The van der Waals surface area contributed by atoms with Crippen molar-refractivity contribution < 1.29 is 9.47 Å². The monoisotopic (exact) mass is 504 g/mol. The van der Waals surface area contributed by atoms with Gasteiger partial charge in [0, 0.05) is 38.0 Å². The maximum atomic E-state index is 6.36. The first kappa shape index (κ1) is 24.7. The Labute approximate surface area is 226 Å². The minimum absolute atomic E-state index is 0.294. The van der Waals surface area contributed by atoms with E-state index in [9.17, 15) is 0 Å². The highest BCUT2D eigenvalue weighted by Crippen LogP contribution is 2.37. The second-order valence-electron chi connectivity index (χ2n) is 10.7. The van der Waals surface area contributed by atoms with E-state index in [0.29, 0.717) is 17.9 Å². The minimum Gasteiger partial charge on any atom is -0.497 e. The summed E-state index contributed by atoms with van der Waals surface area (Å²) in [4.78, 5) is 4.97. The van der Waals surface area contributed by atoms with Crippen molar-refractivity contribution in [3.05, 3.63) is 131 Å². The molecule has 4 aromatic carbocycles. The van der Waals surface area contributed by atoms with Crippen LogP contribution in [-0.2, 0) is 6.54 Å². The number of rotatable bonds is 8. The number of likely N-dealkylation sites (tertiary alicyclic amines) is 1. The third-order valence-electron chi connectivity index (χ3n) is 8.01. The molecular formula is C34H36N2O2. The van der Waals surface area contributed by atoms with E-state index in [4.69, 9.17) is 9.47 Å². The van der Waals surface area contributed by atoms with Crippen LogP contribution in [0.1, 0.15) is 39.8 Å². The van der Waals surface area contributed by atoms with E-state index in [-0.39, 0.29) is 0 Å². The van der Waals surface area contributed by atoms with Gasteiger partial charge in [-0.15, -0.1) is 0 Å². The lowest BCUT2D eigenvalue weighted by atomic mass is 9.84. The van der Waals surface area contributed by atoms with Crippen LogP contribution in [-0.4, -0.2) is 50.2 Å². The molecule has 1 saturated heterocycles. The number of hydrogen-bond donors (Lipinski definition) is 0. The maximum absolute atomic E-state index is 6.36. The second kappa shape index (κ2) is 11.0. The fraction of sp³-hybridized carbons (Fsp3) is 0.294. The van der Waals surface area contributed by atoms with Crippen LogP contribution in [0.3, 0.4) is 0 Å². The molecule has 0 radical (unpaired) electrons. The molecule has 0 amide bonds. The van der Waals surface area contributed by atoms with E-state index in [1.807, 2.05) is 0 Å². The Bertz CT molecular complexity index is 1290. The average molecular weight is 505 g/mol. The van der Waals surface area contributed by atoms with E-state index in [1.54, 1.807) is 7.11 Å². The smallest absolute Gasteiger partial charge is 0.119 e. The number of fused-ring (bicyclic) bond motifs is 1. The highest BCUT2D eigenvalue weighted by molar-refractivity contribution is 5.45. The Hall–Kier alpha value is -3.60. The Kier molecular flexibility index (Phi) is 7.17. The standard InChI is InChI=1S/C34H36N2O2/c1-35-22-29-19-31(17-18-32(29)33(23-35)26-13-15-30(37-2)16-14-26)38-24-25-20-36(21-25)34(27-9-5-3-6-10-27)28-11-7-4-8-12-28/h3-19,25,33-34H,20-24H2,1-2H3. The van der Waals surface area contributed by atoms with Crippen molar-refractivity contribution in [3.8, 4) is 11.5 Å². The number of likely N-dealkylation sites (N-methyl/N-ethyl adjacent to an activating group) is 1. The van der Waals surface area contributed by atoms with Crippen molar-refractivity contribution in [1.82, 2.24) is 9.80 Å². The molecule has 2 aliphatic rings. The van der Waals surface area contributed by atoms with Crippen LogP contribution in [0.4, 0.5) is 0 Å². The van der Waals surface area contributed by atoms with Crippen molar-refractivity contribution in [2.24, 2.45) is 5.92 Å². The van der Waals surface area contributed by atoms with Gasteiger partial charge in [-0.2, -0.15) is 0 Å². The predicted octanol–water partition coefficient (Wildman–Crippen LogP) is 6.37. The normalized spacial score (nSPS) is 18.1. The summed E-state index contributed by atoms with van der Waals surface area (Å²) in [5.74, 6) is 2.77. The number of hydrogen-bond acceptors (Lipinski definition) is 4. The molecule has 194 valence electrons. The van der Waals surface area contributed by atoms with E-state index < -0.39 is 0 Å². The van der Waals surface area contributed by atoms with Crippen LogP contribution in [0, 0.1) is 5.92 Å². The number of benzene rings is 4. The molecule has 0 aromatic heterocycles. The molecule has 0 N–H and O–H groups in total. The molecule has 6 rings (SSSR count). The van der Waals surface area contributed by atoms with Gasteiger partial charge in [-0.05, 0) is 59.1 Å². The molecule has 1 fully saturated rings. The van der Waals surface area contributed by atoms with Crippen molar-refractivity contribution in [2.45, 2.75) is 18.5 Å². The Morgan fingerprint density at radius 1 is 0.763 bits per heavy atom. The molecule has 0 bridgehead atoms. The molecule has 4 heteroatoms. The van der Waals surface area contributed by atoms with E-state index in [1.165, 1.54) is 27.8 Å². The topological polar surface area (TPSA) is 24.9 Å². The summed E-state index contributed by atoms with van der Waals surface area (Å²) in [6, 6.07) is 37.2.